The van der Waals surface area contributed by atoms with Crippen LogP contribution in [-0.2, 0) is 5.54 Å². The first kappa shape index (κ1) is 18.0. The van der Waals surface area contributed by atoms with E-state index >= 15 is 0 Å². The van der Waals surface area contributed by atoms with Crippen LogP contribution in [0.25, 0.3) is 0 Å². The Morgan fingerprint density at radius 2 is 1.95 bits per heavy atom. The zero-order valence-electron chi connectivity index (χ0n) is 13.6. The van der Waals surface area contributed by atoms with Crippen molar-refractivity contribution in [3.63, 3.8) is 0 Å². The van der Waals surface area contributed by atoms with Crippen LogP contribution < -0.4 is 11.1 Å². The topological polar surface area (TPSA) is 72.9 Å². The van der Waals surface area contributed by atoms with Crippen LogP contribution in [0.1, 0.15) is 69.6 Å². The zero-order chi connectivity index (χ0) is 15.1. The van der Waals surface area contributed by atoms with Gasteiger partial charge < -0.3 is 11.1 Å². The fourth-order valence-corrected chi connectivity index (χ4v) is 2.14. The summed E-state index contributed by atoms with van der Waals surface area (Å²) in [5, 5.41) is 7.46. The van der Waals surface area contributed by atoms with E-state index in [-0.39, 0.29) is 23.9 Å². The minimum atomic E-state index is -0.414. The number of nitrogens with one attached hydrogen (secondary N) is 1. The number of nitrogens with two attached hydrogens (primary N) is 1. The van der Waals surface area contributed by atoms with Crippen LogP contribution in [-0.4, -0.2) is 27.8 Å². The summed E-state index contributed by atoms with van der Waals surface area (Å²) < 4.78 is 2.00. The minimum absolute atomic E-state index is 0. The fourth-order valence-electron chi connectivity index (χ4n) is 2.14. The van der Waals surface area contributed by atoms with Crippen molar-refractivity contribution >= 4 is 18.3 Å². The van der Waals surface area contributed by atoms with Crippen LogP contribution in [0.15, 0.2) is 6.07 Å². The number of carbonyl (C=O) groups is 1. The summed E-state index contributed by atoms with van der Waals surface area (Å²) in [6, 6.07) is 1.94. The molecule has 1 saturated carbocycles. The van der Waals surface area contributed by atoms with Crippen LogP contribution in [0.4, 0.5) is 0 Å². The van der Waals surface area contributed by atoms with E-state index in [1.165, 1.54) is 18.5 Å². The van der Waals surface area contributed by atoms with Gasteiger partial charge in [0, 0.05) is 23.7 Å². The number of carbonyl (C=O) groups excluding carboxylic acids is 1. The van der Waals surface area contributed by atoms with Crippen molar-refractivity contribution in [2.45, 2.75) is 64.5 Å². The van der Waals surface area contributed by atoms with Gasteiger partial charge in [-0.15, -0.1) is 12.4 Å². The van der Waals surface area contributed by atoms with E-state index in [0.717, 1.165) is 0 Å². The second kappa shape index (κ2) is 5.97. The summed E-state index contributed by atoms with van der Waals surface area (Å²) >= 11 is 0. The first-order chi connectivity index (χ1) is 9.14. The average Bonchev–Trinajstić information content (AvgIpc) is 3.05. The van der Waals surface area contributed by atoms with Gasteiger partial charge >= 0.3 is 0 Å². The summed E-state index contributed by atoms with van der Waals surface area (Å²) in [6.45, 7) is 10.5. The van der Waals surface area contributed by atoms with Crippen molar-refractivity contribution in [1.82, 2.24) is 15.1 Å². The van der Waals surface area contributed by atoms with E-state index in [1.54, 1.807) is 0 Å². The van der Waals surface area contributed by atoms with E-state index in [4.69, 9.17) is 5.73 Å². The van der Waals surface area contributed by atoms with E-state index in [2.05, 4.69) is 31.2 Å². The molecule has 0 unspecified atom stereocenters. The SMILES string of the molecule is CC(C)(CN)NC(=O)c1cc(C2CC2)n(C(C)(C)C)n1.Cl. The molecular weight excluding hydrogens is 288 g/mol. The van der Waals surface area contributed by atoms with Crippen molar-refractivity contribution in [3.05, 3.63) is 17.5 Å². The second-order valence-corrected chi connectivity index (χ2v) is 7.35. The number of hydrogen-bond acceptors (Lipinski definition) is 3. The Morgan fingerprint density at radius 3 is 2.38 bits per heavy atom. The normalized spacial score (nSPS) is 15.5. The molecule has 1 fully saturated rings. The Kier molecular flexibility index (Phi) is 5.11. The number of aromatic nitrogens is 2. The molecule has 0 radical (unpaired) electrons. The molecule has 0 aliphatic heterocycles. The number of hydrogen-bond donors (Lipinski definition) is 2. The van der Waals surface area contributed by atoms with Crippen LogP contribution in [0.3, 0.4) is 0 Å². The third-order valence-corrected chi connectivity index (χ3v) is 3.56. The Labute approximate surface area is 133 Å². The molecule has 2 rings (SSSR count). The molecule has 1 aromatic rings. The summed E-state index contributed by atoms with van der Waals surface area (Å²) in [6.07, 6.45) is 2.38. The lowest BCUT2D eigenvalue weighted by atomic mass is 10.1. The molecule has 0 saturated heterocycles. The Bertz CT molecular complexity index is 512. The molecular formula is C15H27ClN4O. The van der Waals surface area contributed by atoms with Gasteiger partial charge in [0.05, 0.1) is 5.54 Å². The molecule has 0 atom stereocenters. The van der Waals surface area contributed by atoms with E-state index in [9.17, 15) is 4.79 Å². The predicted molar refractivity (Wildman–Crippen MR) is 87.0 cm³/mol. The van der Waals surface area contributed by atoms with Gasteiger partial charge in [0.2, 0.25) is 0 Å². The minimum Gasteiger partial charge on any atom is -0.344 e. The van der Waals surface area contributed by atoms with Crippen molar-refractivity contribution in [3.8, 4) is 0 Å². The summed E-state index contributed by atoms with van der Waals surface area (Å²) in [7, 11) is 0. The maximum absolute atomic E-state index is 12.3. The maximum atomic E-state index is 12.3. The standard InChI is InChI=1S/C15H26N4O.ClH/c1-14(2,3)19-12(10-6-7-10)8-11(18-19)13(20)17-15(4,5)9-16;/h8,10H,6-7,9,16H2,1-5H3,(H,17,20);1H. The van der Waals surface area contributed by atoms with Crippen molar-refractivity contribution < 1.29 is 4.79 Å². The molecule has 1 aromatic heterocycles. The van der Waals surface area contributed by atoms with Crippen LogP contribution in [0.2, 0.25) is 0 Å². The fraction of sp³-hybridized carbons (Fsp3) is 0.733. The monoisotopic (exact) mass is 314 g/mol. The first-order valence-corrected chi connectivity index (χ1v) is 7.27. The van der Waals surface area contributed by atoms with Crippen LogP contribution >= 0.6 is 12.4 Å². The number of amides is 1. The highest BCUT2D eigenvalue weighted by Crippen LogP contribution is 2.41. The van der Waals surface area contributed by atoms with Gasteiger partial charge in [-0.1, -0.05) is 0 Å². The molecule has 1 amide bonds. The van der Waals surface area contributed by atoms with Gasteiger partial charge in [0.25, 0.3) is 5.91 Å². The molecule has 1 aliphatic carbocycles. The van der Waals surface area contributed by atoms with Gasteiger partial charge in [-0.05, 0) is 53.5 Å². The molecule has 1 aliphatic rings. The lowest BCUT2D eigenvalue weighted by Gasteiger charge is -2.24. The van der Waals surface area contributed by atoms with Gasteiger partial charge in [-0.2, -0.15) is 5.10 Å². The molecule has 0 spiro atoms. The Balaban J connectivity index is 0.00000220. The summed E-state index contributed by atoms with van der Waals surface area (Å²) in [5.41, 5.74) is 6.79. The third-order valence-electron chi connectivity index (χ3n) is 3.56. The highest BCUT2D eigenvalue weighted by atomic mass is 35.5. The number of rotatable bonds is 4. The predicted octanol–water partition coefficient (Wildman–Crippen LogP) is 2.40. The van der Waals surface area contributed by atoms with Crippen LogP contribution in [0, 0.1) is 0 Å². The highest BCUT2D eigenvalue weighted by molar-refractivity contribution is 5.93. The molecule has 0 bridgehead atoms. The largest absolute Gasteiger partial charge is 0.344 e. The lowest BCUT2D eigenvalue weighted by Crippen LogP contribution is -2.49. The van der Waals surface area contributed by atoms with Gasteiger partial charge in [-0.25, -0.2) is 0 Å². The first-order valence-electron chi connectivity index (χ1n) is 7.27. The van der Waals surface area contributed by atoms with Crippen molar-refractivity contribution in [2.75, 3.05) is 6.54 Å². The van der Waals surface area contributed by atoms with Gasteiger partial charge in [0.1, 0.15) is 5.69 Å². The zero-order valence-corrected chi connectivity index (χ0v) is 14.4. The molecule has 3 N–H and O–H groups in total. The van der Waals surface area contributed by atoms with E-state index in [1.807, 2.05) is 24.6 Å². The summed E-state index contributed by atoms with van der Waals surface area (Å²) in [5.74, 6) is 0.413. The quantitative estimate of drug-likeness (QED) is 0.896. The number of halogens is 1. The van der Waals surface area contributed by atoms with Crippen LogP contribution in [0.5, 0.6) is 0 Å². The van der Waals surface area contributed by atoms with Crippen molar-refractivity contribution in [1.29, 1.82) is 0 Å². The molecule has 0 aromatic carbocycles. The Morgan fingerprint density at radius 1 is 1.38 bits per heavy atom. The van der Waals surface area contributed by atoms with E-state index < -0.39 is 5.54 Å². The highest BCUT2D eigenvalue weighted by Gasteiger charge is 2.33. The average molecular weight is 315 g/mol. The van der Waals surface area contributed by atoms with Gasteiger partial charge in [-0.3, -0.25) is 9.48 Å². The van der Waals surface area contributed by atoms with Gasteiger partial charge in [0.15, 0.2) is 0 Å². The second-order valence-electron chi connectivity index (χ2n) is 7.35. The summed E-state index contributed by atoms with van der Waals surface area (Å²) in [4.78, 5) is 12.3. The maximum Gasteiger partial charge on any atom is 0.272 e. The molecule has 1 heterocycles. The third kappa shape index (κ3) is 4.20. The van der Waals surface area contributed by atoms with E-state index in [0.29, 0.717) is 18.2 Å². The molecule has 120 valence electrons. The lowest BCUT2D eigenvalue weighted by molar-refractivity contribution is 0.0909. The smallest absolute Gasteiger partial charge is 0.272 e. The van der Waals surface area contributed by atoms with Crippen molar-refractivity contribution in [2.24, 2.45) is 5.73 Å². The molecule has 21 heavy (non-hydrogen) atoms. The molecule has 6 heteroatoms. The molecule has 5 nitrogen and oxygen atoms in total. The number of nitrogens with zero attached hydrogens (tertiary/aromatic N) is 2. The Hall–Kier alpha value is -1.07.